The van der Waals surface area contributed by atoms with Crippen LogP contribution in [0.1, 0.15) is 16.8 Å². The van der Waals surface area contributed by atoms with Crippen molar-refractivity contribution in [1.29, 1.82) is 0 Å². The first kappa shape index (κ1) is 7.98. The van der Waals surface area contributed by atoms with Crippen LogP contribution in [0.2, 0.25) is 0 Å². The van der Waals surface area contributed by atoms with Crippen molar-refractivity contribution in [2.45, 2.75) is 6.42 Å². The Morgan fingerprint density at radius 1 is 1.38 bits per heavy atom. The number of aldehydes is 1. The van der Waals surface area contributed by atoms with Gasteiger partial charge < -0.3 is 4.90 Å². The molecule has 0 aliphatic carbocycles. The van der Waals surface area contributed by atoms with Crippen LogP contribution in [0.4, 0.5) is 5.69 Å². The number of carbonyl (C=O) groups excluding carboxylic acids is 2. The molecule has 1 aromatic rings. The smallest absolute Gasteiger partial charge is 0.228 e. The van der Waals surface area contributed by atoms with Gasteiger partial charge in [-0.15, -0.1) is 0 Å². The topological polar surface area (TPSA) is 37.4 Å². The molecular weight excluding hydrogens is 166 g/mol. The predicted molar refractivity (Wildman–Crippen MR) is 48.8 cm³/mol. The second kappa shape index (κ2) is 3.01. The fraction of sp³-hybridized carbons (Fsp3) is 0.200. The Balaban J connectivity index is 2.29. The minimum atomic E-state index is 0.128. The summed E-state index contributed by atoms with van der Waals surface area (Å²) in [7, 11) is 0. The SMILES string of the molecule is O=Cc1cccc(N2CCC2=O)c1. The molecule has 13 heavy (non-hydrogen) atoms. The molecule has 0 radical (unpaired) electrons. The number of rotatable bonds is 2. The minimum Gasteiger partial charge on any atom is -0.312 e. The van der Waals surface area contributed by atoms with E-state index in [0.717, 1.165) is 18.5 Å². The average molecular weight is 175 g/mol. The Hall–Kier alpha value is -1.64. The van der Waals surface area contributed by atoms with Crippen LogP contribution in [0, 0.1) is 0 Å². The Labute approximate surface area is 76.0 Å². The van der Waals surface area contributed by atoms with Crippen molar-refractivity contribution >= 4 is 17.9 Å². The van der Waals surface area contributed by atoms with Gasteiger partial charge in [0.1, 0.15) is 6.29 Å². The van der Waals surface area contributed by atoms with Gasteiger partial charge >= 0.3 is 0 Å². The second-order valence-corrected chi connectivity index (χ2v) is 3.01. The molecule has 3 nitrogen and oxygen atoms in total. The zero-order chi connectivity index (χ0) is 9.26. The van der Waals surface area contributed by atoms with Gasteiger partial charge in [0.05, 0.1) is 0 Å². The van der Waals surface area contributed by atoms with Crippen molar-refractivity contribution in [3.05, 3.63) is 29.8 Å². The highest BCUT2D eigenvalue weighted by Gasteiger charge is 2.24. The normalized spacial score (nSPS) is 15.4. The molecule has 1 aliphatic heterocycles. The highest BCUT2D eigenvalue weighted by molar-refractivity contribution is 5.99. The summed E-state index contributed by atoms with van der Waals surface area (Å²) in [5.74, 6) is 0.128. The van der Waals surface area contributed by atoms with Crippen molar-refractivity contribution in [2.24, 2.45) is 0 Å². The Kier molecular flexibility index (Phi) is 1.85. The van der Waals surface area contributed by atoms with Crippen molar-refractivity contribution < 1.29 is 9.59 Å². The van der Waals surface area contributed by atoms with Crippen LogP contribution >= 0.6 is 0 Å². The van der Waals surface area contributed by atoms with Gasteiger partial charge in [-0.3, -0.25) is 9.59 Å². The van der Waals surface area contributed by atoms with Crippen LogP contribution in [-0.4, -0.2) is 18.7 Å². The molecule has 2 rings (SSSR count). The van der Waals surface area contributed by atoms with Crippen molar-refractivity contribution in [3.63, 3.8) is 0 Å². The van der Waals surface area contributed by atoms with Crippen LogP contribution < -0.4 is 4.90 Å². The third-order valence-electron chi connectivity index (χ3n) is 2.17. The summed E-state index contributed by atoms with van der Waals surface area (Å²) < 4.78 is 0. The van der Waals surface area contributed by atoms with Crippen LogP contribution in [0.3, 0.4) is 0 Å². The van der Waals surface area contributed by atoms with Gasteiger partial charge in [0.2, 0.25) is 5.91 Å². The van der Waals surface area contributed by atoms with E-state index in [1.54, 1.807) is 23.1 Å². The molecule has 0 atom stereocenters. The Bertz CT molecular complexity index is 360. The third kappa shape index (κ3) is 1.33. The number of hydrogen-bond donors (Lipinski definition) is 0. The molecule has 1 aliphatic rings. The van der Waals surface area contributed by atoms with Gasteiger partial charge in [-0.2, -0.15) is 0 Å². The summed E-state index contributed by atoms with van der Waals surface area (Å²) in [4.78, 5) is 23.2. The van der Waals surface area contributed by atoms with Crippen LogP contribution in [0.25, 0.3) is 0 Å². The van der Waals surface area contributed by atoms with E-state index in [2.05, 4.69) is 0 Å². The van der Waals surface area contributed by atoms with Gasteiger partial charge in [0.15, 0.2) is 0 Å². The molecule has 0 spiro atoms. The lowest BCUT2D eigenvalue weighted by molar-refractivity contribution is -0.122. The van der Waals surface area contributed by atoms with Gasteiger partial charge in [0.25, 0.3) is 0 Å². The zero-order valence-electron chi connectivity index (χ0n) is 7.06. The highest BCUT2D eigenvalue weighted by Crippen LogP contribution is 2.21. The molecule has 1 saturated heterocycles. The van der Waals surface area contributed by atoms with E-state index >= 15 is 0 Å². The maximum absolute atomic E-state index is 11.1. The number of anilines is 1. The molecule has 1 amide bonds. The quantitative estimate of drug-likeness (QED) is 0.501. The molecule has 66 valence electrons. The first-order valence-corrected chi connectivity index (χ1v) is 4.17. The lowest BCUT2D eigenvalue weighted by Crippen LogP contribution is -2.43. The first-order chi connectivity index (χ1) is 6.31. The van der Waals surface area contributed by atoms with Crippen LogP contribution in [-0.2, 0) is 4.79 Å². The van der Waals surface area contributed by atoms with Crippen LogP contribution in [0.15, 0.2) is 24.3 Å². The lowest BCUT2D eigenvalue weighted by atomic mass is 10.1. The van der Waals surface area contributed by atoms with Crippen molar-refractivity contribution in [1.82, 2.24) is 0 Å². The summed E-state index contributed by atoms with van der Waals surface area (Å²) in [5, 5.41) is 0. The Morgan fingerprint density at radius 3 is 2.77 bits per heavy atom. The lowest BCUT2D eigenvalue weighted by Gasteiger charge is -2.30. The van der Waals surface area contributed by atoms with Gasteiger partial charge in [-0.05, 0) is 12.1 Å². The maximum atomic E-state index is 11.1. The molecule has 0 saturated carbocycles. The predicted octanol–water partition coefficient (Wildman–Crippen LogP) is 1.24. The van der Waals surface area contributed by atoms with E-state index in [4.69, 9.17) is 0 Å². The monoisotopic (exact) mass is 175 g/mol. The molecule has 0 N–H and O–H groups in total. The molecular formula is C10H9NO2. The average Bonchev–Trinajstić information content (AvgIpc) is 2.16. The number of hydrogen-bond acceptors (Lipinski definition) is 2. The summed E-state index contributed by atoms with van der Waals surface area (Å²) in [6.07, 6.45) is 1.40. The molecule has 3 heteroatoms. The first-order valence-electron chi connectivity index (χ1n) is 4.17. The van der Waals surface area contributed by atoms with E-state index < -0.39 is 0 Å². The van der Waals surface area contributed by atoms with Gasteiger partial charge in [-0.1, -0.05) is 12.1 Å². The zero-order valence-corrected chi connectivity index (χ0v) is 7.06. The fourth-order valence-corrected chi connectivity index (χ4v) is 1.35. The largest absolute Gasteiger partial charge is 0.312 e. The highest BCUT2D eigenvalue weighted by atomic mass is 16.2. The molecule has 1 aromatic carbocycles. The van der Waals surface area contributed by atoms with E-state index in [-0.39, 0.29) is 5.91 Å². The summed E-state index contributed by atoms with van der Waals surface area (Å²) in [6, 6.07) is 7.07. The molecule has 1 fully saturated rings. The summed E-state index contributed by atoms with van der Waals surface area (Å²) in [5.41, 5.74) is 1.43. The number of β-lactam (4-membered cyclic amide) rings is 1. The molecule has 0 bridgehead atoms. The summed E-state index contributed by atoms with van der Waals surface area (Å²) >= 11 is 0. The summed E-state index contributed by atoms with van der Waals surface area (Å²) in [6.45, 7) is 0.765. The van der Waals surface area contributed by atoms with Gasteiger partial charge in [0, 0.05) is 24.2 Å². The number of nitrogens with zero attached hydrogens (tertiary/aromatic N) is 1. The standard InChI is InChI=1S/C10H9NO2/c12-7-8-2-1-3-9(6-8)11-5-4-10(11)13/h1-3,6-7H,4-5H2. The minimum absolute atomic E-state index is 0.128. The maximum Gasteiger partial charge on any atom is 0.228 e. The number of carbonyl (C=O) groups is 2. The molecule has 0 unspecified atom stereocenters. The Morgan fingerprint density at radius 2 is 2.23 bits per heavy atom. The second-order valence-electron chi connectivity index (χ2n) is 3.01. The van der Waals surface area contributed by atoms with Gasteiger partial charge in [-0.25, -0.2) is 0 Å². The molecule has 0 aromatic heterocycles. The van der Waals surface area contributed by atoms with Crippen molar-refractivity contribution in [3.8, 4) is 0 Å². The van der Waals surface area contributed by atoms with Crippen LogP contribution in [0.5, 0.6) is 0 Å². The number of amides is 1. The van der Waals surface area contributed by atoms with E-state index in [1.807, 2.05) is 6.07 Å². The molecule has 1 heterocycles. The number of benzene rings is 1. The van der Waals surface area contributed by atoms with E-state index in [9.17, 15) is 9.59 Å². The van der Waals surface area contributed by atoms with E-state index in [1.165, 1.54) is 0 Å². The van der Waals surface area contributed by atoms with Crippen molar-refractivity contribution in [2.75, 3.05) is 11.4 Å². The third-order valence-corrected chi connectivity index (χ3v) is 2.17. The fourth-order valence-electron chi connectivity index (χ4n) is 1.35. The van der Waals surface area contributed by atoms with E-state index in [0.29, 0.717) is 12.0 Å².